The molecule has 0 fully saturated rings. The Bertz CT molecular complexity index is 505. The largest absolute Gasteiger partial charge is 0.379 e. The van der Waals surface area contributed by atoms with Gasteiger partial charge in [-0.15, -0.1) is 0 Å². The van der Waals surface area contributed by atoms with Gasteiger partial charge in [-0.05, 0) is 12.5 Å². The summed E-state index contributed by atoms with van der Waals surface area (Å²) < 4.78 is 1.87. The number of allylic oxidation sites excluding steroid dienone is 4. The topological polar surface area (TPSA) is 41.9 Å². The first kappa shape index (κ1) is 9.27. The average Bonchev–Trinajstić information content (AvgIpc) is 2.48. The highest BCUT2D eigenvalue weighted by atomic mass is 15.3. The fourth-order valence-corrected chi connectivity index (χ4v) is 2.00. The highest BCUT2D eigenvalue weighted by Crippen LogP contribution is 2.24. The van der Waals surface area contributed by atoms with Gasteiger partial charge in [-0.25, -0.2) is 0 Å². The van der Waals surface area contributed by atoms with Crippen molar-refractivity contribution in [1.82, 2.24) is 15.1 Å². The van der Waals surface area contributed by atoms with Gasteiger partial charge in [-0.2, -0.15) is 5.10 Å². The van der Waals surface area contributed by atoms with Crippen molar-refractivity contribution in [2.75, 3.05) is 5.32 Å². The zero-order chi connectivity index (χ0) is 11.0. The van der Waals surface area contributed by atoms with E-state index in [0.717, 1.165) is 24.5 Å². The molecule has 0 atom stereocenters. The molecular formula is C12H14N4. The maximum Gasteiger partial charge on any atom is 0.133 e. The minimum absolute atomic E-state index is 0.819. The summed E-state index contributed by atoms with van der Waals surface area (Å²) in [6, 6.07) is 0. The van der Waals surface area contributed by atoms with Crippen molar-refractivity contribution in [2.24, 2.45) is 7.05 Å². The number of aryl methyl sites for hydroxylation is 1. The molecule has 1 aliphatic heterocycles. The second kappa shape index (κ2) is 3.56. The predicted molar refractivity (Wildman–Crippen MR) is 63.6 cm³/mol. The third kappa shape index (κ3) is 1.43. The normalized spacial score (nSPS) is 18.1. The summed E-state index contributed by atoms with van der Waals surface area (Å²) in [6.07, 6.45) is 11.4. The minimum Gasteiger partial charge on any atom is -0.379 e. The van der Waals surface area contributed by atoms with Crippen molar-refractivity contribution >= 4 is 5.82 Å². The summed E-state index contributed by atoms with van der Waals surface area (Å²) in [4.78, 5) is 0. The Morgan fingerprint density at radius 1 is 1.38 bits per heavy atom. The molecule has 0 aromatic carbocycles. The first-order chi connectivity index (χ1) is 7.84. The molecule has 4 nitrogen and oxygen atoms in total. The Labute approximate surface area is 94.3 Å². The standard InChI is InChI=1S/C12H14N4/c1-16-12-9(8-14-16)7-13-10-5-3-2-4-6-11(10)15-12/h2,4-6,8,13,15H,3,7H2,1H3. The second-order valence-electron chi connectivity index (χ2n) is 3.98. The van der Waals surface area contributed by atoms with E-state index >= 15 is 0 Å². The Morgan fingerprint density at radius 2 is 2.31 bits per heavy atom. The van der Waals surface area contributed by atoms with Gasteiger partial charge in [0.15, 0.2) is 0 Å². The number of nitrogens with one attached hydrogen (secondary N) is 2. The number of rotatable bonds is 0. The van der Waals surface area contributed by atoms with Crippen LogP contribution in [0.1, 0.15) is 12.0 Å². The summed E-state index contributed by atoms with van der Waals surface area (Å²) in [7, 11) is 1.95. The molecule has 0 radical (unpaired) electrons. The van der Waals surface area contributed by atoms with Crippen LogP contribution in [-0.4, -0.2) is 9.78 Å². The number of hydrogen-bond acceptors (Lipinski definition) is 3. The van der Waals surface area contributed by atoms with Gasteiger partial charge in [0.25, 0.3) is 0 Å². The lowest BCUT2D eigenvalue weighted by molar-refractivity contribution is 0.774. The van der Waals surface area contributed by atoms with Crippen LogP contribution in [0.4, 0.5) is 5.82 Å². The fourth-order valence-electron chi connectivity index (χ4n) is 2.00. The zero-order valence-corrected chi connectivity index (χ0v) is 9.20. The van der Waals surface area contributed by atoms with Crippen LogP contribution in [0.5, 0.6) is 0 Å². The lowest BCUT2D eigenvalue weighted by Gasteiger charge is -2.10. The summed E-state index contributed by atoms with van der Waals surface area (Å²) in [5.74, 6) is 1.07. The third-order valence-corrected chi connectivity index (χ3v) is 2.88. The molecule has 0 saturated carbocycles. The lowest BCUT2D eigenvalue weighted by atomic mass is 10.3. The van der Waals surface area contributed by atoms with E-state index in [1.165, 1.54) is 11.3 Å². The van der Waals surface area contributed by atoms with Crippen LogP contribution in [0.15, 0.2) is 41.9 Å². The molecule has 2 aliphatic rings. The fraction of sp³-hybridized carbons (Fsp3) is 0.250. The first-order valence-corrected chi connectivity index (χ1v) is 5.44. The van der Waals surface area contributed by atoms with E-state index in [2.05, 4.69) is 40.0 Å². The monoisotopic (exact) mass is 214 g/mol. The van der Waals surface area contributed by atoms with Crippen molar-refractivity contribution in [1.29, 1.82) is 0 Å². The number of aromatic nitrogens is 2. The highest BCUT2D eigenvalue weighted by molar-refractivity contribution is 5.56. The van der Waals surface area contributed by atoms with Crippen LogP contribution in [0, 0.1) is 0 Å². The Morgan fingerprint density at radius 3 is 3.25 bits per heavy atom. The summed E-state index contributed by atoms with van der Waals surface area (Å²) in [5, 5.41) is 11.1. The quantitative estimate of drug-likeness (QED) is 0.690. The number of nitrogens with zero attached hydrogens (tertiary/aromatic N) is 2. The van der Waals surface area contributed by atoms with Gasteiger partial charge in [-0.3, -0.25) is 4.68 Å². The molecule has 0 spiro atoms. The lowest BCUT2D eigenvalue weighted by Crippen LogP contribution is -2.14. The van der Waals surface area contributed by atoms with Gasteiger partial charge in [0, 0.05) is 19.2 Å². The van der Waals surface area contributed by atoms with Crippen molar-refractivity contribution < 1.29 is 0 Å². The smallest absolute Gasteiger partial charge is 0.133 e. The zero-order valence-electron chi connectivity index (χ0n) is 9.20. The molecular weight excluding hydrogens is 200 g/mol. The van der Waals surface area contributed by atoms with E-state index in [-0.39, 0.29) is 0 Å². The number of anilines is 1. The Kier molecular flexibility index (Phi) is 2.06. The summed E-state index contributed by atoms with van der Waals surface area (Å²) in [6.45, 7) is 0.819. The van der Waals surface area contributed by atoms with Crippen LogP contribution >= 0.6 is 0 Å². The third-order valence-electron chi connectivity index (χ3n) is 2.88. The molecule has 0 amide bonds. The van der Waals surface area contributed by atoms with Crippen molar-refractivity contribution in [3.8, 4) is 0 Å². The van der Waals surface area contributed by atoms with Crippen LogP contribution in [0.3, 0.4) is 0 Å². The predicted octanol–water partition coefficient (Wildman–Crippen LogP) is 1.66. The average molecular weight is 214 g/mol. The highest BCUT2D eigenvalue weighted by Gasteiger charge is 2.17. The van der Waals surface area contributed by atoms with Gasteiger partial charge in [0.2, 0.25) is 0 Å². The van der Waals surface area contributed by atoms with Crippen LogP contribution in [0.25, 0.3) is 0 Å². The van der Waals surface area contributed by atoms with Gasteiger partial charge in [0.1, 0.15) is 5.82 Å². The Hall–Kier alpha value is -1.97. The minimum atomic E-state index is 0.819. The van der Waals surface area contributed by atoms with Gasteiger partial charge in [0.05, 0.1) is 17.6 Å². The van der Waals surface area contributed by atoms with Crippen LogP contribution in [0.2, 0.25) is 0 Å². The summed E-state index contributed by atoms with van der Waals surface area (Å²) in [5.41, 5.74) is 3.47. The molecule has 0 unspecified atom stereocenters. The summed E-state index contributed by atoms with van der Waals surface area (Å²) >= 11 is 0. The molecule has 0 bridgehead atoms. The molecule has 82 valence electrons. The van der Waals surface area contributed by atoms with Gasteiger partial charge >= 0.3 is 0 Å². The van der Waals surface area contributed by atoms with E-state index < -0.39 is 0 Å². The maximum atomic E-state index is 4.25. The van der Waals surface area contributed by atoms with Crippen molar-refractivity contribution in [2.45, 2.75) is 13.0 Å². The molecule has 4 heteroatoms. The number of fused-ring (bicyclic) bond motifs is 2. The number of hydrogen-bond donors (Lipinski definition) is 2. The molecule has 1 aliphatic carbocycles. The van der Waals surface area contributed by atoms with Crippen molar-refractivity contribution in [3.63, 3.8) is 0 Å². The second-order valence-corrected chi connectivity index (χ2v) is 3.98. The van der Waals surface area contributed by atoms with E-state index in [1.54, 1.807) is 0 Å². The molecule has 1 aromatic rings. The molecule has 2 heterocycles. The molecule has 2 N–H and O–H groups in total. The maximum absolute atomic E-state index is 4.25. The molecule has 16 heavy (non-hydrogen) atoms. The van der Waals surface area contributed by atoms with Gasteiger partial charge < -0.3 is 10.6 Å². The Balaban J connectivity index is 2.05. The SMILES string of the molecule is Cn1ncc2c1NC1=CC=CCC=C1NC2. The van der Waals surface area contributed by atoms with Crippen molar-refractivity contribution in [3.05, 3.63) is 47.5 Å². The van der Waals surface area contributed by atoms with Crippen LogP contribution < -0.4 is 10.6 Å². The van der Waals surface area contributed by atoms with E-state index in [9.17, 15) is 0 Å². The molecule has 1 aromatic heterocycles. The first-order valence-electron chi connectivity index (χ1n) is 5.44. The van der Waals surface area contributed by atoms with E-state index in [4.69, 9.17) is 0 Å². The molecule has 3 rings (SSSR count). The van der Waals surface area contributed by atoms with Crippen LogP contribution in [-0.2, 0) is 13.6 Å². The van der Waals surface area contributed by atoms with Gasteiger partial charge in [-0.1, -0.05) is 18.2 Å². The van der Waals surface area contributed by atoms with E-state index in [1.807, 2.05) is 17.9 Å². The molecule has 0 saturated heterocycles. The van der Waals surface area contributed by atoms with E-state index in [0.29, 0.717) is 0 Å².